The van der Waals surface area contributed by atoms with Crippen LogP contribution in [0.5, 0.6) is 5.75 Å². The molecule has 0 spiro atoms. The van der Waals surface area contributed by atoms with Gasteiger partial charge in [-0.15, -0.1) is 0 Å². The summed E-state index contributed by atoms with van der Waals surface area (Å²) in [5, 5.41) is 7.01. The zero-order valence-electron chi connectivity index (χ0n) is 18.4. The molecule has 0 atom stereocenters. The molecule has 1 aromatic carbocycles. The molecule has 3 rings (SSSR count). The van der Waals surface area contributed by atoms with Gasteiger partial charge >= 0.3 is 6.18 Å². The number of aromatic nitrogens is 1. The number of nitrogens with one attached hydrogen (secondary N) is 1. The first-order chi connectivity index (χ1) is 15.6. The average molecular weight is 464 g/mol. The van der Waals surface area contributed by atoms with E-state index < -0.39 is 12.6 Å². The molecule has 0 saturated carbocycles. The van der Waals surface area contributed by atoms with Gasteiger partial charge in [0.25, 0.3) is 5.91 Å². The van der Waals surface area contributed by atoms with Crippen molar-refractivity contribution < 1.29 is 22.7 Å². The molecular formula is C22H27F3N6O2. The van der Waals surface area contributed by atoms with E-state index in [-0.39, 0.29) is 18.2 Å². The lowest BCUT2D eigenvalue weighted by atomic mass is 10.0. The van der Waals surface area contributed by atoms with E-state index in [2.05, 4.69) is 9.98 Å². The van der Waals surface area contributed by atoms with Crippen molar-refractivity contribution in [3.05, 3.63) is 52.7 Å². The molecule has 0 bridgehead atoms. The Labute approximate surface area is 190 Å². The second-order valence-corrected chi connectivity index (χ2v) is 7.03. The van der Waals surface area contributed by atoms with Crippen molar-refractivity contribution in [2.24, 2.45) is 16.5 Å². The quantitative estimate of drug-likeness (QED) is 0.424. The molecule has 0 radical (unpaired) electrons. The van der Waals surface area contributed by atoms with Crippen LogP contribution in [-0.4, -0.2) is 35.8 Å². The summed E-state index contributed by atoms with van der Waals surface area (Å²) in [6.07, 6.45) is -3.57. The molecular weight excluding hydrogens is 437 g/mol. The first kappa shape index (κ1) is 25.8. The van der Waals surface area contributed by atoms with Crippen molar-refractivity contribution >= 4 is 23.9 Å². The highest BCUT2D eigenvalue weighted by Gasteiger charge is 2.32. The standard InChI is InChI=1S/C18H20N6O2.C4H7F3/c1-2-26-12-6-11(8-19)14-9-24(18(25)13(14)7-12)16-5-3-4-15(23-16)17(21)22-10-20;1-2-3-4(5,6)7/h3-7,10H,2,8-9,19H2,1H3,(H3,20,21,22);2-3H2,1H3. The lowest BCUT2D eigenvalue weighted by Gasteiger charge is -2.15. The third-order valence-electron chi connectivity index (χ3n) is 4.65. The topological polar surface area (TPSA) is 131 Å². The molecule has 11 heteroatoms. The Morgan fingerprint density at radius 2 is 2.06 bits per heavy atom. The number of fused-ring (bicyclic) bond motifs is 1. The summed E-state index contributed by atoms with van der Waals surface area (Å²) < 4.78 is 38.7. The van der Waals surface area contributed by atoms with Gasteiger partial charge in [0.05, 0.1) is 13.2 Å². The summed E-state index contributed by atoms with van der Waals surface area (Å²) in [6.45, 7) is 4.60. The smallest absolute Gasteiger partial charge is 0.389 e. The number of carbonyl (C=O) groups is 1. The Balaban J connectivity index is 0.000000479. The molecule has 0 aliphatic carbocycles. The fraction of sp³-hybridized carbons (Fsp3) is 0.364. The SMILES string of the molecule is CCCC(F)(F)F.CCOc1cc(CN)c2c(c1)C(=O)N(c1cccc(C(N)=NC=N)n1)C2. The number of hydrogen-bond donors (Lipinski definition) is 3. The second-order valence-electron chi connectivity index (χ2n) is 7.03. The van der Waals surface area contributed by atoms with Gasteiger partial charge in [-0.25, -0.2) is 9.98 Å². The molecule has 0 unspecified atom stereocenters. The Hall–Kier alpha value is -3.47. The molecule has 2 aromatic rings. The largest absolute Gasteiger partial charge is 0.494 e. The summed E-state index contributed by atoms with van der Waals surface area (Å²) in [7, 11) is 0. The number of carbonyl (C=O) groups excluding carboxylic acids is 1. The molecule has 178 valence electrons. The molecule has 1 aliphatic rings. The average Bonchev–Trinajstić information content (AvgIpc) is 3.10. The number of aliphatic imine (C=N–C) groups is 1. The number of pyridine rings is 1. The predicted molar refractivity (Wildman–Crippen MR) is 121 cm³/mol. The molecule has 1 aromatic heterocycles. The van der Waals surface area contributed by atoms with Gasteiger partial charge in [0.1, 0.15) is 23.6 Å². The Kier molecular flexibility index (Phi) is 8.92. The van der Waals surface area contributed by atoms with Crippen LogP contribution < -0.4 is 21.1 Å². The van der Waals surface area contributed by atoms with Crippen LogP contribution in [0.15, 0.2) is 35.3 Å². The highest BCUT2D eigenvalue weighted by Crippen LogP contribution is 2.33. The minimum atomic E-state index is -3.95. The molecule has 1 aliphatic heterocycles. The van der Waals surface area contributed by atoms with Crippen LogP contribution in [0.1, 0.15) is 53.9 Å². The van der Waals surface area contributed by atoms with E-state index in [1.807, 2.05) is 13.0 Å². The van der Waals surface area contributed by atoms with Crippen LogP contribution in [-0.2, 0) is 13.1 Å². The fourth-order valence-corrected chi connectivity index (χ4v) is 3.21. The van der Waals surface area contributed by atoms with Crippen LogP contribution in [0, 0.1) is 5.41 Å². The maximum Gasteiger partial charge on any atom is 0.389 e. The fourth-order valence-electron chi connectivity index (χ4n) is 3.21. The first-order valence-electron chi connectivity index (χ1n) is 10.3. The van der Waals surface area contributed by atoms with E-state index in [0.717, 1.165) is 17.5 Å². The van der Waals surface area contributed by atoms with Gasteiger partial charge in [0.2, 0.25) is 0 Å². The highest BCUT2D eigenvalue weighted by molar-refractivity contribution is 6.10. The molecule has 2 heterocycles. The molecule has 8 nitrogen and oxygen atoms in total. The van der Waals surface area contributed by atoms with E-state index in [9.17, 15) is 18.0 Å². The van der Waals surface area contributed by atoms with Crippen LogP contribution in [0.2, 0.25) is 0 Å². The van der Waals surface area contributed by atoms with Crippen LogP contribution >= 0.6 is 0 Å². The van der Waals surface area contributed by atoms with E-state index in [1.54, 1.807) is 29.2 Å². The number of ether oxygens (including phenoxy) is 1. The van der Waals surface area contributed by atoms with E-state index in [4.69, 9.17) is 21.6 Å². The van der Waals surface area contributed by atoms with Gasteiger partial charge in [-0.05, 0) is 48.7 Å². The number of nitrogens with two attached hydrogens (primary N) is 2. The van der Waals surface area contributed by atoms with Crippen molar-refractivity contribution in [3.8, 4) is 5.75 Å². The summed E-state index contributed by atoms with van der Waals surface area (Å²) in [6, 6.07) is 8.77. The van der Waals surface area contributed by atoms with Crippen molar-refractivity contribution in [1.82, 2.24) is 4.98 Å². The van der Waals surface area contributed by atoms with Crippen molar-refractivity contribution in [2.45, 2.75) is 46.0 Å². The predicted octanol–water partition coefficient (Wildman–Crippen LogP) is 3.76. The number of nitrogens with zero attached hydrogens (tertiary/aromatic N) is 3. The van der Waals surface area contributed by atoms with E-state index >= 15 is 0 Å². The van der Waals surface area contributed by atoms with Gasteiger partial charge in [0.15, 0.2) is 5.84 Å². The Morgan fingerprint density at radius 3 is 2.61 bits per heavy atom. The summed E-state index contributed by atoms with van der Waals surface area (Å²) in [5.41, 5.74) is 14.4. The van der Waals surface area contributed by atoms with Crippen molar-refractivity contribution in [3.63, 3.8) is 0 Å². The van der Waals surface area contributed by atoms with E-state index in [1.165, 1.54) is 6.92 Å². The maximum absolute atomic E-state index is 12.9. The van der Waals surface area contributed by atoms with Gasteiger partial charge in [-0.1, -0.05) is 13.0 Å². The number of alkyl halides is 3. The molecule has 5 N–H and O–H groups in total. The lowest BCUT2D eigenvalue weighted by molar-refractivity contribution is -0.134. The second kappa shape index (κ2) is 11.4. The zero-order chi connectivity index (χ0) is 24.6. The zero-order valence-corrected chi connectivity index (χ0v) is 18.4. The lowest BCUT2D eigenvalue weighted by Crippen LogP contribution is -2.25. The summed E-state index contributed by atoms with van der Waals surface area (Å²) >= 11 is 0. The third-order valence-corrected chi connectivity index (χ3v) is 4.65. The van der Waals surface area contributed by atoms with Crippen LogP contribution in [0.4, 0.5) is 19.0 Å². The summed E-state index contributed by atoms with van der Waals surface area (Å²) in [5.74, 6) is 1.05. The Bertz CT molecular complexity index is 1020. The third kappa shape index (κ3) is 6.75. The number of anilines is 1. The van der Waals surface area contributed by atoms with Gasteiger partial charge < -0.3 is 16.2 Å². The molecule has 0 fully saturated rings. The van der Waals surface area contributed by atoms with Crippen molar-refractivity contribution in [2.75, 3.05) is 11.5 Å². The Morgan fingerprint density at radius 1 is 1.33 bits per heavy atom. The van der Waals surface area contributed by atoms with E-state index in [0.29, 0.717) is 42.5 Å². The molecule has 0 saturated heterocycles. The highest BCUT2D eigenvalue weighted by atomic mass is 19.4. The number of halogens is 3. The molecule has 1 amide bonds. The number of benzene rings is 1. The van der Waals surface area contributed by atoms with Crippen molar-refractivity contribution in [1.29, 1.82) is 5.41 Å². The van der Waals surface area contributed by atoms with Gasteiger partial charge in [-0.2, -0.15) is 13.2 Å². The number of amidine groups is 1. The minimum Gasteiger partial charge on any atom is -0.494 e. The van der Waals surface area contributed by atoms with Gasteiger partial charge in [-0.3, -0.25) is 15.1 Å². The number of rotatable bonds is 7. The monoisotopic (exact) mass is 464 g/mol. The minimum absolute atomic E-state index is 0.118. The first-order valence-corrected chi connectivity index (χ1v) is 10.3. The maximum atomic E-state index is 12.9. The summed E-state index contributed by atoms with van der Waals surface area (Å²) in [4.78, 5) is 22.6. The number of hydrogen-bond acceptors (Lipinski definition) is 5. The van der Waals surface area contributed by atoms with Crippen LogP contribution in [0.3, 0.4) is 0 Å². The van der Waals surface area contributed by atoms with Gasteiger partial charge in [0, 0.05) is 18.5 Å². The number of amides is 1. The molecule has 33 heavy (non-hydrogen) atoms. The van der Waals surface area contributed by atoms with Crippen LogP contribution in [0.25, 0.3) is 0 Å². The normalized spacial score (nSPS) is 13.3.